The third-order valence-corrected chi connectivity index (χ3v) is 5.46. The van der Waals surface area contributed by atoms with Gasteiger partial charge in [0.1, 0.15) is 4.32 Å². The van der Waals surface area contributed by atoms with Gasteiger partial charge in [0.25, 0.3) is 5.91 Å². The Bertz CT molecular complexity index is 707. The fourth-order valence-electron chi connectivity index (χ4n) is 2.70. The molecule has 7 heteroatoms. The molecule has 1 heterocycles. The average Bonchev–Trinajstić information content (AvgIpc) is 2.93. The Morgan fingerprint density at radius 2 is 1.89 bits per heavy atom. The number of halogens is 1. The number of rotatable bonds is 11. The van der Waals surface area contributed by atoms with Gasteiger partial charge in [0.05, 0.1) is 23.1 Å². The first-order valence-electron chi connectivity index (χ1n) is 9.39. The third-order valence-electron chi connectivity index (χ3n) is 4.02. The van der Waals surface area contributed by atoms with E-state index in [2.05, 4.69) is 12.2 Å². The van der Waals surface area contributed by atoms with E-state index in [-0.39, 0.29) is 5.91 Å². The molecule has 1 amide bonds. The number of thioether (sulfide) groups is 1. The van der Waals surface area contributed by atoms with Crippen LogP contribution >= 0.6 is 35.6 Å². The molecule has 0 saturated carbocycles. The first-order valence-corrected chi connectivity index (χ1v) is 11.0. The molecule has 2 rings (SSSR count). The Balaban J connectivity index is 2.04. The monoisotopic (exact) mass is 427 g/mol. The van der Waals surface area contributed by atoms with Crippen LogP contribution < -0.4 is 14.8 Å². The summed E-state index contributed by atoms with van der Waals surface area (Å²) < 4.78 is 12.1. The van der Waals surface area contributed by atoms with Crippen LogP contribution in [0.1, 0.15) is 57.9 Å². The molecule has 27 heavy (non-hydrogen) atoms. The molecule has 148 valence electrons. The molecule has 0 aliphatic carbocycles. The topological polar surface area (TPSA) is 47.6 Å². The lowest BCUT2D eigenvalue weighted by molar-refractivity contribution is -0.115. The van der Waals surface area contributed by atoms with E-state index in [4.69, 9.17) is 33.3 Å². The summed E-state index contributed by atoms with van der Waals surface area (Å²) in [6.45, 7) is 5.24. The molecule has 0 atom stereocenters. The van der Waals surface area contributed by atoms with Gasteiger partial charge in [-0.3, -0.25) is 4.79 Å². The van der Waals surface area contributed by atoms with E-state index in [1.807, 2.05) is 13.0 Å². The van der Waals surface area contributed by atoms with Crippen LogP contribution in [0, 0.1) is 0 Å². The average molecular weight is 428 g/mol. The predicted octanol–water partition coefficient (Wildman–Crippen LogP) is 5.97. The molecule has 0 bridgehead atoms. The van der Waals surface area contributed by atoms with E-state index < -0.39 is 0 Å². The minimum absolute atomic E-state index is 0.192. The second-order valence-electron chi connectivity index (χ2n) is 6.23. The minimum atomic E-state index is -0.192. The van der Waals surface area contributed by atoms with Crippen molar-refractivity contribution in [1.29, 1.82) is 0 Å². The van der Waals surface area contributed by atoms with Gasteiger partial charge in [-0.1, -0.05) is 74.6 Å². The highest BCUT2D eigenvalue weighted by Crippen LogP contribution is 2.38. The highest BCUT2D eigenvalue weighted by atomic mass is 35.5. The van der Waals surface area contributed by atoms with Crippen molar-refractivity contribution in [2.45, 2.75) is 52.4 Å². The standard InChI is InChI=1S/C20H26ClNO3S2/c1-3-5-6-7-8-9-10-25-18-15(21)11-14(12-16(18)24-4-2)13-17-19(23)22-20(26)27-17/h11-13H,3-10H2,1-2H3,(H,22,23,26)/b17-13+. The van der Waals surface area contributed by atoms with Gasteiger partial charge in [-0.25, -0.2) is 0 Å². The van der Waals surface area contributed by atoms with Crippen molar-refractivity contribution in [1.82, 2.24) is 5.32 Å². The summed E-state index contributed by atoms with van der Waals surface area (Å²) in [5.41, 5.74) is 0.776. The predicted molar refractivity (Wildman–Crippen MR) is 118 cm³/mol. The van der Waals surface area contributed by atoms with E-state index in [0.717, 1.165) is 18.4 Å². The van der Waals surface area contributed by atoms with Crippen molar-refractivity contribution in [2.24, 2.45) is 0 Å². The highest BCUT2D eigenvalue weighted by Gasteiger charge is 2.22. The summed E-state index contributed by atoms with van der Waals surface area (Å²) in [7, 11) is 0. The molecule has 1 fully saturated rings. The van der Waals surface area contributed by atoms with Crippen LogP contribution in [0.2, 0.25) is 5.02 Å². The summed E-state index contributed by atoms with van der Waals surface area (Å²) in [5, 5.41) is 3.08. The third kappa shape index (κ3) is 7.01. The smallest absolute Gasteiger partial charge is 0.263 e. The second kappa shape index (κ2) is 11.6. The maximum atomic E-state index is 11.8. The van der Waals surface area contributed by atoms with Gasteiger partial charge in [0.2, 0.25) is 0 Å². The van der Waals surface area contributed by atoms with Crippen molar-refractivity contribution < 1.29 is 14.3 Å². The maximum Gasteiger partial charge on any atom is 0.263 e. The second-order valence-corrected chi connectivity index (χ2v) is 8.36. The van der Waals surface area contributed by atoms with Crippen molar-refractivity contribution in [3.05, 3.63) is 27.6 Å². The Morgan fingerprint density at radius 1 is 1.15 bits per heavy atom. The van der Waals surface area contributed by atoms with Gasteiger partial charge in [-0.2, -0.15) is 0 Å². The zero-order valence-electron chi connectivity index (χ0n) is 15.8. The van der Waals surface area contributed by atoms with Crippen LogP contribution in [0.25, 0.3) is 6.08 Å². The fraction of sp³-hybridized carbons (Fsp3) is 0.500. The van der Waals surface area contributed by atoms with E-state index in [1.54, 1.807) is 12.1 Å². The van der Waals surface area contributed by atoms with Gasteiger partial charge in [-0.05, 0) is 37.1 Å². The summed E-state index contributed by atoms with van der Waals surface area (Å²) in [5.74, 6) is 0.963. The number of nitrogens with one attached hydrogen (secondary N) is 1. The quantitative estimate of drug-likeness (QED) is 0.268. The number of unbranched alkanes of at least 4 members (excludes halogenated alkanes) is 5. The molecule has 0 spiro atoms. The van der Waals surface area contributed by atoms with Crippen LogP contribution in [0.4, 0.5) is 0 Å². The maximum absolute atomic E-state index is 11.8. The van der Waals surface area contributed by atoms with Gasteiger partial charge in [-0.15, -0.1) is 0 Å². The van der Waals surface area contributed by atoms with Gasteiger partial charge < -0.3 is 14.8 Å². The number of benzene rings is 1. The number of carbonyl (C=O) groups excluding carboxylic acids is 1. The molecule has 1 saturated heterocycles. The molecule has 0 radical (unpaired) electrons. The van der Waals surface area contributed by atoms with E-state index >= 15 is 0 Å². The SMILES string of the molecule is CCCCCCCCOc1c(Cl)cc(/C=C2/SC(=S)NC2=O)cc1OCC. The molecule has 1 aromatic rings. The van der Waals surface area contributed by atoms with Crippen molar-refractivity contribution in [3.63, 3.8) is 0 Å². The van der Waals surface area contributed by atoms with Crippen molar-refractivity contribution in [3.8, 4) is 11.5 Å². The van der Waals surface area contributed by atoms with Crippen LogP contribution in [0.15, 0.2) is 17.0 Å². The number of hydrogen-bond acceptors (Lipinski definition) is 5. The Morgan fingerprint density at radius 3 is 2.56 bits per heavy atom. The van der Waals surface area contributed by atoms with Gasteiger partial charge in [0, 0.05) is 0 Å². The molecule has 1 aliphatic rings. The molecule has 0 aromatic heterocycles. The zero-order chi connectivity index (χ0) is 19.6. The fourth-order valence-corrected chi connectivity index (χ4v) is 4.02. The van der Waals surface area contributed by atoms with Crippen LogP contribution in [-0.2, 0) is 4.79 Å². The number of ether oxygens (including phenoxy) is 2. The van der Waals surface area contributed by atoms with Gasteiger partial charge >= 0.3 is 0 Å². The van der Waals surface area contributed by atoms with Crippen LogP contribution in [0.5, 0.6) is 11.5 Å². The molecule has 1 aromatic carbocycles. The van der Waals surface area contributed by atoms with Crippen molar-refractivity contribution >= 4 is 51.9 Å². The highest BCUT2D eigenvalue weighted by molar-refractivity contribution is 8.26. The zero-order valence-corrected chi connectivity index (χ0v) is 18.2. The lowest BCUT2D eigenvalue weighted by Gasteiger charge is -2.14. The van der Waals surface area contributed by atoms with Crippen LogP contribution in [0.3, 0.4) is 0 Å². The molecule has 0 unspecified atom stereocenters. The lowest BCUT2D eigenvalue weighted by atomic mass is 10.1. The number of hydrogen-bond donors (Lipinski definition) is 1. The van der Waals surface area contributed by atoms with E-state index in [0.29, 0.717) is 39.0 Å². The molecular formula is C20H26ClNO3S2. The van der Waals surface area contributed by atoms with E-state index in [9.17, 15) is 4.79 Å². The molecule has 4 nitrogen and oxygen atoms in total. The Labute approximate surface area is 176 Å². The Kier molecular flexibility index (Phi) is 9.45. The van der Waals surface area contributed by atoms with Gasteiger partial charge in [0.15, 0.2) is 11.5 Å². The summed E-state index contributed by atoms with van der Waals surface area (Å²) in [6, 6.07) is 3.62. The van der Waals surface area contributed by atoms with E-state index in [1.165, 1.54) is 37.4 Å². The number of carbonyl (C=O) groups is 1. The molecular weight excluding hydrogens is 402 g/mol. The number of amides is 1. The first kappa shape index (κ1) is 22.1. The lowest BCUT2D eigenvalue weighted by Crippen LogP contribution is -2.17. The summed E-state index contributed by atoms with van der Waals surface area (Å²) >= 11 is 12.7. The summed E-state index contributed by atoms with van der Waals surface area (Å²) in [6.07, 6.45) is 8.95. The molecule has 1 aliphatic heterocycles. The largest absolute Gasteiger partial charge is 0.490 e. The normalized spacial score (nSPS) is 15.3. The van der Waals surface area contributed by atoms with Crippen molar-refractivity contribution in [2.75, 3.05) is 13.2 Å². The molecule has 1 N–H and O–H groups in total. The number of thiocarbonyl (C=S) groups is 1. The van der Waals surface area contributed by atoms with Crippen LogP contribution in [-0.4, -0.2) is 23.4 Å². The minimum Gasteiger partial charge on any atom is -0.490 e. The first-order chi connectivity index (χ1) is 13.0. The Hall–Kier alpha value is -1.24. The summed E-state index contributed by atoms with van der Waals surface area (Å²) in [4.78, 5) is 12.4.